The van der Waals surface area contributed by atoms with Crippen LogP contribution in [-0.4, -0.2) is 28.6 Å². The fourth-order valence-electron chi connectivity index (χ4n) is 1.26. The Morgan fingerprint density at radius 1 is 1.59 bits per heavy atom. The number of thiol groups is 1. The summed E-state index contributed by atoms with van der Waals surface area (Å²) >= 11 is 4.37. The number of nitrogens with one attached hydrogen (secondary N) is 1. The molecule has 0 aliphatic rings. The molecule has 1 unspecified atom stereocenters. The lowest BCUT2D eigenvalue weighted by atomic mass is 10.1. The zero-order chi connectivity index (χ0) is 12.9. The molecule has 1 atom stereocenters. The maximum absolute atomic E-state index is 10.2. The molecule has 1 aromatic rings. The summed E-state index contributed by atoms with van der Waals surface area (Å²) in [6.07, 6.45) is 3.14. The molecule has 1 heterocycles. The molecule has 0 spiro atoms. The van der Waals surface area contributed by atoms with Crippen molar-refractivity contribution in [2.24, 2.45) is 0 Å². The molecular weight excluding hydrogens is 238 g/mol. The molecule has 1 N–H and O–H groups in total. The van der Waals surface area contributed by atoms with E-state index in [0.29, 0.717) is 12.3 Å². The minimum Gasteiger partial charge on any atom is -0.466 e. The first-order valence-corrected chi connectivity index (χ1v) is 5.77. The number of aromatic nitrogens is 2. The van der Waals surface area contributed by atoms with Crippen molar-refractivity contribution in [3.63, 3.8) is 0 Å². The molecule has 0 aliphatic heterocycles. The number of hydrogen-bond donors (Lipinski definition) is 2. The average molecular weight is 255 g/mol. The number of carbonyl (C=O) groups excluding carboxylic acids is 1. The normalized spacial score (nSPS) is 12.9. The molecule has 6 heteroatoms. The van der Waals surface area contributed by atoms with Gasteiger partial charge in [-0.15, -0.1) is 0 Å². The first-order valence-electron chi connectivity index (χ1n) is 5.25. The second-order valence-corrected chi connectivity index (χ2v) is 5.27. The predicted octanol–water partition coefficient (Wildman–Crippen LogP) is 1.83. The van der Waals surface area contributed by atoms with Gasteiger partial charge in [0.1, 0.15) is 18.8 Å². The van der Waals surface area contributed by atoms with Gasteiger partial charge in [-0.2, -0.15) is 12.6 Å². The van der Waals surface area contributed by atoms with Gasteiger partial charge in [-0.25, -0.2) is 9.97 Å². The average Bonchev–Trinajstić information content (AvgIpc) is 2.24. The van der Waals surface area contributed by atoms with Gasteiger partial charge in [-0.05, 0) is 20.8 Å². The standard InChI is InChI=1S/C11H17N3O2S/c1-11(2,3)14-10-8(4-12-6-13-10)9(17)5-16-7-15/h4,6-7,9,17H,5H2,1-3H3,(H,12,13,14). The Morgan fingerprint density at radius 3 is 2.88 bits per heavy atom. The first kappa shape index (κ1) is 13.8. The Hall–Kier alpha value is -1.30. The molecular formula is C11H17N3O2S. The van der Waals surface area contributed by atoms with Gasteiger partial charge in [0.2, 0.25) is 0 Å². The number of anilines is 1. The monoisotopic (exact) mass is 255 g/mol. The zero-order valence-corrected chi connectivity index (χ0v) is 11.1. The van der Waals surface area contributed by atoms with Gasteiger partial charge in [0.15, 0.2) is 0 Å². The van der Waals surface area contributed by atoms with Crippen LogP contribution in [0.4, 0.5) is 5.82 Å². The van der Waals surface area contributed by atoms with Crippen LogP contribution in [-0.2, 0) is 9.53 Å². The van der Waals surface area contributed by atoms with Crippen LogP contribution in [0.2, 0.25) is 0 Å². The summed E-state index contributed by atoms with van der Waals surface area (Å²) in [5.41, 5.74) is 0.704. The summed E-state index contributed by atoms with van der Waals surface area (Å²) in [5.74, 6) is 0.710. The zero-order valence-electron chi connectivity index (χ0n) is 10.2. The summed E-state index contributed by atoms with van der Waals surface area (Å²) in [6.45, 7) is 6.71. The maximum atomic E-state index is 10.2. The van der Waals surface area contributed by atoms with Gasteiger partial charge in [0.05, 0.1) is 5.25 Å². The fourth-order valence-corrected chi connectivity index (χ4v) is 1.54. The van der Waals surface area contributed by atoms with Crippen LogP contribution >= 0.6 is 12.6 Å². The van der Waals surface area contributed by atoms with E-state index < -0.39 is 0 Å². The minimum absolute atomic E-state index is 0.109. The van der Waals surface area contributed by atoms with E-state index in [1.807, 2.05) is 20.8 Å². The van der Waals surface area contributed by atoms with Crippen molar-refractivity contribution < 1.29 is 9.53 Å². The number of carbonyl (C=O) groups is 1. The molecule has 0 amide bonds. The van der Waals surface area contributed by atoms with E-state index in [2.05, 4.69) is 27.9 Å². The number of hydrogen-bond acceptors (Lipinski definition) is 6. The van der Waals surface area contributed by atoms with Gasteiger partial charge in [-0.1, -0.05) is 0 Å². The molecule has 1 aromatic heterocycles. The van der Waals surface area contributed by atoms with Gasteiger partial charge in [-0.3, -0.25) is 4.79 Å². The van der Waals surface area contributed by atoms with E-state index in [0.717, 1.165) is 5.56 Å². The SMILES string of the molecule is CC(C)(C)Nc1ncncc1C(S)COC=O. The Bertz CT molecular complexity index is 379. The van der Waals surface area contributed by atoms with Gasteiger partial charge < -0.3 is 10.1 Å². The van der Waals surface area contributed by atoms with Crippen LogP contribution in [0.1, 0.15) is 31.6 Å². The summed E-state index contributed by atoms with van der Waals surface area (Å²) in [5, 5.41) is 3.02. The predicted molar refractivity (Wildman–Crippen MR) is 69.2 cm³/mol. The highest BCUT2D eigenvalue weighted by atomic mass is 32.1. The Labute approximate surface area is 106 Å². The van der Waals surface area contributed by atoms with Crippen molar-refractivity contribution in [3.05, 3.63) is 18.1 Å². The van der Waals surface area contributed by atoms with E-state index >= 15 is 0 Å². The van der Waals surface area contributed by atoms with Crippen LogP contribution in [0.3, 0.4) is 0 Å². The Kier molecular flexibility index (Phi) is 4.74. The smallest absolute Gasteiger partial charge is 0.293 e. The van der Waals surface area contributed by atoms with E-state index in [1.165, 1.54) is 6.33 Å². The highest BCUT2D eigenvalue weighted by Crippen LogP contribution is 2.26. The quantitative estimate of drug-likeness (QED) is 0.621. The Balaban J connectivity index is 2.87. The number of ether oxygens (including phenoxy) is 1. The largest absolute Gasteiger partial charge is 0.466 e. The highest BCUT2D eigenvalue weighted by molar-refractivity contribution is 7.80. The van der Waals surface area contributed by atoms with E-state index in [-0.39, 0.29) is 17.4 Å². The molecule has 5 nitrogen and oxygen atoms in total. The summed E-state index contributed by atoms with van der Waals surface area (Å²) in [4.78, 5) is 18.3. The van der Waals surface area contributed by atoms with Crippen molar-refractivity contribution in [1.29, 1.82) is 0 Å². The fraction of sp³-hybridized carbons (Fsp3) is 0.545. The van der Waals surface area contributed by atoms with Crippen LogP contribution in [0.5, 0.6) is 0 Å². The van der Waals surface area contributed by atoms with Crippen LogP contribution in [0, 0.1) is 0 Å². The van der Waals surface area contributed by atoms with E-state index in [4.69, 9.17) is 4.74 Å². The van der Waals surface area contributed by atoms with Crippen molar-refractivity contribution in [3.8, 4) is 0 Å². The molecule has 0 bridgehead atoms. The highest BCUT2D eigenvalue weighted by Gasteiger charge is 2.17. The van der Waals surface area contributed by atoms with E-state index in [1.54, 1.807) is 6.20 Å². The van der Waals surface area contributed by atoms with Crippen LogP contribution in [0.15, 0.2) is 12.5 Å². The van der Waals surface area contributed by atoms with Gasteiger partial charge in [0.25, 0.3) is 6.47 Å². The Morgan fingerprint density at radius 2 is 2.29 bits per heavy atom. The molecule has 0 fully saturated rings. The third-order valence-corrected chi connectivity index (χ3v) is 2.34. The second kappa shape index (κ2) is 5.86. The van der Waals surface area contributed by atoms with Crippen molar-refractivity contribution in [1.82, 2.24) is 9.97 Å². The first-order chi connectivity index (χ1) is 7.94. The molecule has 1 rings (SSSR count). The summed E-state index contributed by atoms with van der Waals surface area (Å²) < 4.78 is 4.69. The molecule has 17 heavy (non-hydrogen) atoms. The van der Waals surface area contributed by atoms with Crippen LogP contribution < -0.4 is 5.32 Å². The van der Waals surface area contributed by atoms with Crippen molar-refractivity contribution in [2.75, 3.05) is 11.9 Å². The molecule has 0 aliphatic carbocycles. The van der Waals surface area contributed by atoms with Gasteiger partial charge >= 0.3 is 0 Å². The minimum atomic E-state index is -0.244. The molecule has 0 saturated heterocycles. The van der Waals surface area contributed by atoms with Crippen molar-refractivity contribution in [2.45, 2.75) is 31.6 Å². The van der Waals surface area contributed by atoms with E-state index in [9.17, 15) is 4.79 Å². The summed E-state index contributed by atoms with van der Waals surface area (Å²) in [6, 6.07) is 0. The maximum Gasteiger partial charge on any atom is 0.293 e. The number of rotatable bonds is 5. The molecule has 94 valence electrons. The third-order valence-electron chi connectivity index (χ3n) is 1.92. The lowest BCUT2D eigenvalue weighted by Crippen LogP contribution is -2.27. The third kappa shape index (κ3) is 4.60. The topological polar surface area (TPSA) is 64.1 Å². The second-order valence-electron chi connectivity index (χ2n) is 4.65. The molecule has 0 radical (unpaired) electrons. The lowest BCUT2D eigenvalue weighted by Gasteiger charge is -2.24. The van der Waals surface area contributed by atoms with Crippen LogP contribution in [0.25, 0.3) is 0 Å². The summed E-state index contributed by atoms with van der Waals surface area (Å²) in [7, 11) is 0. The molecule has 0 aromatic carbocycles. The number of nitrogens with zero attached hydrogens (tertiary/aromatic N) is 2. The van der Waals surface area contributed by atoms with Gasteiger partial charge in [0, 0.05) is 17.3 Å². The molecule has 0 saturated carbocycles. The lowest BCUT2D eigenvalue weighted by molar-refractivity contribution is -0.128. The van der Waals surface area contributed by atoms with Crippen molar-refractivity contribution >= 4 is 24.9 Å².